The van der Waals surface area contributed by atoms with Gasteiger partial charge in [-0.2, -0.15) is 0 Å². The average Bonchev–Trinajstić information content (AvgIpc) is 2.17. The van der Waals surface area contributed by atoms with Crippen LogP contribution in [0.25, 0.3) is 0 Å². The van der Waals surface area contributed by atoms with Gasteiger partial charge in [0.05, 0.1) is 12.7 Å². The van der Waals surface area contributed by atoms with Crippen molar-refractivity contribution in [3.63, 3.8) is 0 Å². The van der Waals surface area contributed by atoms with E-state index in [1.54, 1.807) is 0 Å². The maximum atomic E-state index is 11.0. The summed E-state index contributed by atoms with van der Waals surface area (Å²) < 4.78 is 25.6. The summed E-state index contributed by atoms with van der Waals surface area (Å²) in [6.45, 7) is 0. The third-order valence-electron chi connectivity index (χ3n) is 1.51. The molecule has 0 fully saturated rings. The van der Waals surface area contributed by atoms with Crippen LogP contribution in [0.15, 0.2) is 24.3 Å². The van der Waals surface area contributed by atoms with Crippen molar-refractivity contribution in [1.29, 1.82) is 0 Å². The van der Waals surface area contributed by atoms with Crippen molar-refractivity contribution >= 4 is 22.9 Å². The fraction of sp³-hybridized carbons (Fsp3) is 0.125. The molecule has 0 saturated carbocycles. The molecule has 0 heterocycles. The van der Waals surface area contributed by atoms with Crippen LogP contribution in [0.4, 0.5) is 5.69 Å². The van der Waals surface area contributed by atoms with Crippen molar-refractivity contribution in [3.05, 3.63) is 29.8 Å². The first kappa shape index (κ1) is 10.7. The van der Waals surface area contributed by atoms with Crippen molar-refractivity contribution in [3.8, 4) is 0 Å². The van der Waals surface area contributed by atoms with Crippen molar-refractivity contribution < 1.29 is 18.3 Å². The monoisotopic (exact) mass is 215 g/mol. The maximum absolute atomic E-state index is 11.0. The molecule has 14 heavy (non-hydrogen) atoms. The number of methoxy groups -OCH3 is 1. The summed E-state index contributed by atoms with van der Waals surface area (Å²) >= 11 is -2.10. The summed E-state index contributed by atoms with van der Waals surface area (Å²) in [4.78, 5) is 11.0. The fourth-order valence-electron chi connectivity index (χ4n) is 0.893. The lowest BCUT2D eigenvalue weighted by Crippen LogP contribution is -2.03. The van der Waals surface area contributed by atoms with Gasteiger partial charge in [0.25, 0.3) is 11.3 Å². The molecule has 0 bridgehead atoms. The van der Waals surface area contributed by atoms with Crippen molar-refractivity contribution in [1.82, 2.24) is 0 Å². The van der Waals surface area contributed by atoms with E-state index in [1.165, 1.54) is 31.4 Å². The van der Waals surface area contributed by atoms with Gasteiger partial charge in [-0.1, -0.05) is 0 Å². The van der Waals surface area contributed by atoms with E-state index in [4.69, 9.17) is 4.55 Å². The van der Waals surface area contributed by atoms with Crippen molar-refractivity contribution in [2.75, 3.05) is 11.8 Å². The predicted octanol–water partition coefficient (Wildman–Crippen LogP) is 1.02. The largest absolute Gasteiger partial charge is 0.465 e. The van der Waals surface area contributed by atoms with Gasteiger partial charge in [0.15, 0.2) is 0 Å². The first-order chi connectivity index (χ1) is 6.63. The molecule has 1 aromatic carbocycles. The number of hydrogen-bond acceptors (Lipinski definition) is 3. The van der Waals surface area contributed by atoms with Crippen LogP contribution in [0.3, 0.4) is 0 Å². The van der Waals surface area contributed by atoms with Gasteiger partial charge in [-0.25, -0.2) is 9.00 Å². The smallest absolute Gasteiger partial charge is 0.337 e. The van der Waals surface area contributed by atoms with Gasteiger partial charge >= 0.3 is 5.97 Å². The SMILES string of the molecule is COC(=O)c1ccc(NS(=O)O)cc1. The summed E-state index contributed by atoms with van der Waals surface area (Å²) in [7, 11) is 1.29. The van der Waals surface area contributed by atoms with E-state index in [2.05, 4.69) is 9.46 Å². The number of ether oxygens (including phenoxy) is 1. The minimum atomic E-state index is -2.10. The van der Waals surface area contributed by atoms with Crippen LogP contribution >= 0.6 is 0 Å². The van der Waals surface area contributed by atoms with Crippen LogP contribution in [-0.4, -0.2) is 21.8 Å². The second-order valence-corrected chi connectivity index (χ2v) is 3.12. The molecule has 0 radical (unpaired) electrons. The van der Waals surface area contributed by atoms with E-state index in [-0.39, 0.29) is 0 Å². The molecule has 1 atom stereocenters. The third kappa shape index (κ3) is 2.82. The molecule has 0 saturated heterocycles. The molecule has 76 valence electrons. The lowest BCUT2D eigenvalue weighted by molar-refractivity contribution is 0.0601. The highest BCUT2D eigenvalue weighted by atomic mass is 32.2. The third-order valence-corrected chi connectivity index (χ3v) is 1.92. The molecule has 0 aliphatic heterocycles. The molecular weight excluding hydrogens is 206 g/mol. The molecule has 0 spiro atoms. The molecule has 6 heteroatoms. The molecular formula is C8H9NO4S. The number of hydrogen-bond donors (Lipinski definition) is 2. The number of esters is 1. The molecule has 0 aliphatic carbocycles. The highest BCUT2D eigenvalue weighted by molar-refractivity contribution is 7.80. The van der Waals surface area contributed by atoms with Gasteiger partial charge in [-0.15, -0.1) is 0 Å². The Morgan fingerprint density at radius 1 is 1.43 bits per heavy atom. The summed E-state index contributed by atoms with van der Waals surface area (Å²) in [5, 5.41) is 0. The van der Waals surface area contributed by atoms with Gasteiger partial charge in [-0.05, 0) is 24.3 Å². The molecule has 5 nitrogen and oxygen atoms in total. The zero-order valence-electron chi connectivity index (χ0n) is 7.39. The maximum Gasteiger partial charge on any atom is 0.337 e. The minimum Gasteiger partial charge on any atom is -0.465 e. The summed E-state index contributed by atoms with van der Waals surface area (Å²) in [6, 6.07) is 6.03. The van der Waals surface area contributed by atoms with Crippen LogP contribution in [-0.2, 0) is 16.0 Å². The predicted molar refractivity (Wildman–Crippen MR) is 52.2 cm³/mol. The number of carbonyl (C=O) groups excluding carboxylic acids is 1. The van der Waals surface area contributed by atoms with Crippen LogP contribution in [0.1, 0.15) is 10.4 Å². The molecule has 1 aromatic rings. The Labute approximate surface area is 83.5 Å². The Morgan fingerprint density at radius 2 is 2.00 bits per heavy atom. The molecule has 1 rings (SSSR count). The average molecular weight is 215 g/mol. The van der Waals surface area contributed by atoms with E-state index in [1.807, 2.05) is 0 Å². The first-order valence-electron chi connectivity index (χ1n) is 3.69. The number of rotatable bonds is 3. The standard InChI is InChI=1S/C8H9NO4S/c1-13-8(10)6-2-4-7(5-3-6)9-14(11)12/h2-5,9H,1H3,(H,11,12). The Morgan fingerprint density at radius 3 is 2.43 bits per heavy atom. The second kappa shape index (κ2) is 4.73. The Hall–Kier alpha value is -1.40. The quantitative estimate of drug-likeness (QED) is 0.583. The molecule has 0 amide bonds. The number of carbonyl (C=O) groups is 1. The highest BCUT2D eigenvalue weighted by Gasteiger charge is 2.04. The highest BCUT2D eigenvalue weighted by Crippen LogP contribution is 2.10. The summed E-state index contributed by atoms with van der Waals surface area (Å²) in [5.74, 6) is -0.443. The minimum absolute atomic E-state index is 0.391. The summed E-state index contributed by atoms with van der Waals surface area (Å²) in [6.07, 6.45) is 0. The van der Waals surface area contributed by atoms with Crippen LogP contribution in [0, 0.1) is 0 Å². The molecule has 0 aromatic heterocycles. The van der Waals surface area contributed by atoms with Gasteiger partial charge in [0.1, 0.15) is 0 Å². The Balaban J connectivity index is 2.78. The lowest BCUT2D eigenvalue weighted by Gasteiger charge is -2.02. The Kier molecular flexibility index (Phi) is 3.61. The second-order valence-electron chi connectivity index (χ2n) is 2.42. The topological polar surface area (TPSA) is 75.6 Å². The number of nitrogens with one attached hydrogen (secondary N) is 1. The normalized spacial score (nSPS) is 11.9. The molecule has 2 N–H and O–H groups in total. The van der Waals surface area contributed by atoms with E-state index < -0.39 is 17.2 Å². The summed E-state index contributed by atoms with van der Waals surface area (Å²) in [5.41, 5.74) is 0.847. The van der Waals surface area contributed by atoms with E-state index in [0.717, 1.165) is 0 Å². The van der Waals surface area contributed by atoms with E-state index in [9.17, 15) is 9.00 Å². The van der Waals surface area contributed by atoms with E-state index in [0.29, 0.717) is 11.3 Å². The van der Waals surface area contributed by atoms with Crippen LogP contribution < -0.4 is 4.72 Å². The zero-order chi connectivity index (χ0) is 10.6. The number of benzene rings is 1. The first-order valence-corrected chi connectivity index (χ1v) is 4.80. The van der Waals surface area contributed by atoms with Crippen LogP contribution in [0.5, 0.6) is 0 Å². The molecule has 0 aliphatic rings. The van der Waals surface area contributed by atoms with Crippen molar-refractivity contribution in [2.45, 2.75) is 0 Å². The van der Waals surface area contributed by atoms with Gasteiger partial charge in [-0.3, -0.25) is 9.27 Å². The van der Waals surface area contributed by atoms with Crippen molar-refractivity contribution in [2.24, 2.45) is 0 Å². The van der Waals surface area contributed by atoms with Crippen LogP contribution in [0.2, 0.25) is 0 Å². The molecule has 1 unspecified atom stereocenters. The fourth-order valence-corrected chi connectivity index (χ4v) is 1.23. The number of anilines is 1. The zero-order valence-corrected chi connectivity index (χ0v) is 8.21. The van der Waals surface area contributed by atoms with Gasteiger partial charge < -0.3 is 4.74 Å². The van der Waals surface area contributed by atoms with Gasteiger partial charge in [0, 0.05) is 5.69 Å². The van der Waals surface area contributed by atoms with E-state index >= 15 is 0 Å². The Bertz CT molecular complexity index is 349. The van der Waals surface area contributed by atoms with Gasteiger partial charge in [0.2, 0.25) is 0 Å². The lowest BCUT2D eigenvalue weighted by atomic mass is 10.2.